The minimum atomic E-state index is -0.997. The maximum atomic E-state index is 12.0. The van der Waals surface area contributed by atoms with Crippen molar-refractivity contribution in [3.63, 3.8) is 0 Å². The van der Waals surface area contributed by atoms with E-state index in [2.05, 4.69) is 16.8 Å². The first-order valence-electron chi connectivity index (χ1n) is 6.17. The van der Waals surface area contributed by atoms with Gasteiger partial charge < -0.3 is 15.3 Å². The molecule has 102 valence electrons. The van der Waals surface area contributed by atoms with Crippen LogP contribution in [0.5, 0.6) is 0 Å². The molecule has 1 fully saturated rings. The van der Waals surface area contributed by atoms with Crippen LogP contribution in [0.25, 0.3) is 0 Å². The lowest BCUT2D eigenvalue weighted by atomic mass is 10.3. The van der Waals surface area contributed by atoms with E-state index in [1.807, 2.05) is 0 Å². The fourth-order valence-electron chi connectivity index (χ4n) is 1.92. The lowest BCUT2D eigenvalue weighted by molar-refractivity contribution is -0.144. The fraction of sp³-hybridized carbons (Fsp3) is 0.667. The summed E-state index contributed by atoms with van der Waals surface area (Å²) >= 11 is 0. The third kappa shape index (κ3) is 5.29. The van der Waals surface area contributed by atoms with E-state index in [1.54, 1.807) is 6.08 Å². The van der Waals surface area contributed by atoms with Crippen LogP contribution < -0.4 is 5.32 Å². The second kappa shape index (κ2) is 7.84. The van der Waals surface area contributed by atoms with Gasteiger partial charge in [-0.2, -0.15) is 0 Å². The molecule has 1 amide bonds. The van der Waals surface area contributed by atoms with Crippen LogP contribution >= 0.6 is 0 Å². The number of nitrogens with zero attached hydrogens (tertiary/aromatic N) is 2. The summed E-state index contributed by atoms with van der Waals surface area (Å²) in [6.07, 6.45) is 2.55. The normalized spacial score (nSPS) is 16.9. The van der Waals surface area contributed by atoms with Crippen LogP contribution in [-0.4, -0.2) is 72.6 Å². The summed E-state index contributed by atoms with van der Waals surface area (Å²) in [6, 6.07) is 0. The van der Waals surface area contributed by atoms with Crippen molar-refractivity contribution in [3.05, 3.63) is 12.7 Å². The number of carboxylic acid groups (broad SMARTS) is 1. The zero-order valence-electron chi connectivity index (χ0n) is 10.6. The van der Waals surface area contributed by atoms with Gasteiger partial charge in [-0.15, -0.1) is 6.58 Å². The number of aliphatic carboxylic acids is 1. The quantitative estimate of drug-likeness (QED) is 0.619. The third-order valence-corrected chi connectivity index (χ3v) is 2.82. The molecule has 0 radical (unpaired) electrons. The molecule has 1 aliphatic heterocycles. The van der Waals surface area contributed by atoms with Crippen molar-refractivity contribution >= 4 is 11.9 Å². The minimum Gasteiger partial charge on any atom is -0.480 e. The molecule has 1 saturated heterocycles. The molecule has 2 N–H and O–H groups in total. The molecule has 1 aliphatic rings. The van der Waals surface area contributed by atoms with Crippen molar-refractivity contribution in [1.82, 2.24) is 15.1 Å². The molecule has 6 heteroatoms. The van der Waals surface area contributed by atoms with Crippen molar-refractivity contribution in [2.24, 2.45) is 0 Å². The molecule has 1 rings (SSSR count). The standard InChI is InChI=1S/C12H21N3O3/c1-2-6-15(10-12(17)18)11(16)9-14-7-3-4-13-5-8-14/h2,13H,1,3-10H2,(H,17,18). The van der Waals surface area contributed by atoms with E-state index in [0.29, 0.717) is 0 Å². The number of amides is 1. The van der Waals surface area contributed by atoms with E-state index in [-0.39, 0.29) is 25.5 Å². The Morgan fingerprint density at radius 2 is 2.17 bits per heavy atom. The number of hydrogen-bond donors (Lipinski definition) is 2. The summed E-state index contributed by atoms with van der Waals surface area (Å²) in [5.74, 6) is -1.15. The van der Waals surface area contributed by atoms with Crippen molar-refractivity contribution in [2.75, 3.05) is 45.8 Å². The Morgan fingerprint density at radius 1 is 1.39 bits per heavy atom. The first-order valence-corrected chi connectivity index (χ1v) is 6.17. The van der Waals surface area contributed by atoms with Gasteiger partial charge in [0.25, 0.3) is 0 Å². The van der Waals surface area contributed by atoms with Crippen molar-refractivity contribution in [2.45, 2.75) is 6.42 Å². The molecule has 0 atom stereocenters. The second-order valence-electron chi connectivity index (χ2n) is 4.34. The summed E-state index contributed by atoms with van der Waals surface area (Å²) < 4.78 is 0. The highest BCUT2D eigenvalue weighted by molar-refractivity contribution is 5.82. The van der Waals surface area contributed by atoms with E-state index in [1.165, 1.54) is 4.90 Å². The van der Waals surface area contributed by atoms with Gasteiger partial charge in [-0.3, -0.25) is 14.5 Å². The minimum absolute atomic E-state index is 0.154. The van der Waals surface area contributed by atoms with Gasteiger partial charge in [0, 0.05) is 19.6 Å². The van der Waals surface area contributed by atoms with Crippen molar-refractivity contribution in [3.8, 4) is 0 Å². The highest BCUT2D eigenvalue weighted by Crippen LogP contribution is 1.99. The zero-order chi connectivity index (χ0) is 13.4. The molecule has 0 aromatic heterocycles. The Bertz CT molecular complexity index is 299. The number of carboxylic acids is 1. The van der Waals surface area contributed by atoms with Crippen LogP contribution in [0.4, 0.5) is 0 Å². The second-order valence-corrected chi connectivity index (χ2v) is 4.34. The van der Waals surface area contributed by atoms with Crippen LogP contribution in [0.15, 0.2) is 12.7 Å². The monoisotopic (exact) mass is 255 g/mol. The molecule has 0 aromatic rings. The molecule has 0 bridgehead atoms. The van der Waals surface area contributed by atoms with E-state index < -0.39 is 5.97 Å². The fourth-order valence-corrected chi connectivity index (χ4v) is 1.92. The number of hydrogen-bond acceptors (Lipinski definition) is 4. The van der Waals surface area contributed by atoms with Crippen LogP contribution in [0.2, 0.25) is 0 Å². The summed E-state index contributed by atoms with van der Waals surface area (Å²) in [6.45, 7) is 7.36. The summed E-state index contributed by atoms with van der Waals surface area (Å²) in [5, 5.41) is 12.0. The number of rotatable bonds is 6. The SMILES string of the molecule is C=CCN(CC(=O)O)C(=O)CN1CCCNCC1. The predicted octanol–water partition coefficient (Wildman–Crippen LogP) is -0.619. The average molecular weight is 255 g/mol. The average Bonchev–Trinajstić information content (AvgIpc) is 2.56. The summed E-state index contributed by atoms with van der Waals surface area (Å²) in [7, 11) is 0. The molecular formula is C12H21N3O3. The Labute approximate surface area is 107 Å². The van der Waals surface area contributed by atoms with E-state index in [0.717, 1.165) is 32.6 Å². The molecule has 6 nitrogen and oxygen atoms in total. The largest absolute Gasteiger partial charge is 0.480 e. The Morgan fingerprint density at radius 3 is 2.83 bits per heavy atom. The van der Waals surface area contributed by atoms with Gasteiger partial charge in [0.2, 0.25) is 5.91 Å². The number of nitrogens with one attached hydrogen (secondary N) is 1. The van der Waals surface area contributed by atoms with E-state index in [4.69, 9.17) is 5.11 Å². The van der Waals surface area contributed by atoms with Gasteiger partial charge in [-0.05, 0) is 19.5 Å². The summed E-state index contributed by atoms with van der Waals surface area (Å²) in [4.78, 5) is 26.1. The lowest BCUT2D eigenvalue weighted by Gasteiger charge is -2.24. The van der Waals surface area contributed by atoms with Gasteiger partial charge in [0.1, 0.15) is 6.54 Å². The van der Waals surface area contributed by atoms with Crippen molar-refractivity contribution in [1.29, 1.82) is 0 Å². The van der Waals surface area contributed by atoms with Crippen LogP contribution in [0.1, 0.15) is 6.42 Å². The molecular weight excluding hydrogens is 234 g/mol. The molecule has 1 heterocycles. The molecule has 0 aromatic carbocycles. The van der Waals surface area contributed by atoms with Crippen LogP contribution in [0.3, 0.4) is 0 Å². The number of carbonyl (C=O) groups is 2. The lowest BCUT2D eigenvalue weighted by Crippen LogP contribution is -2.43. The van der Waals surface area contributed by atoms with Gasteiger partial charge >= 0.3 is 5.97 Å². The van der Waals surface area contributed by atoms with Crippen LogP contribution in [-0.2, 0) is 9.59 Å². The molecule has 18 heavy (non-hydrogen) atoms. The summed E-state index contributed by atoms with van der Waals surface area (Å²) in [5.41, 5.74) is 0. The molecule has 0 spiro atoms. The Balaban J connectivity index is 2.48. The van der Waals surface area contributed by atoms with Gasteiger partial charge in [-0.1, -0.05) is 6.08 Å². The first-order chi connectivity index (χ1) is 8.63. The highest BCUT2D eigenvalue weighted by atomic mass is 16.4. The predicted molar refractivity (Wildman–Crippen MR) is 68.3 cm³/mol. The van der Waals surface area contributed by atoms with Gasteiger partial charge in [0.05, 0.1) is 6.54 Å². The Hall–Kier alpha value is -1.40. The van der Waals surface area contributed by atoms with E-state index in [9.17, 15) is 9.59 Å². The highest BCUT2D eigenvalue weighted by Gasteiger charge is 2.19. The van der Waals surface area contributed by atoms with E-state index >= 15 is 0 Å². The topological polar surface area (TPSA) is 72.9 Å². The molecule has 0 unspecified atom stereocenters. The van der Waals surface area contributed by atoms with Crippen LogP contribution in [0, 0.1) is 0 Å². The smallest absolute Gasteiger partial charge is 0.323 e. The maximum absolute atomic E-state index is 12.0. The number of carbonyl (C=O) groups excluding carboxylic acids is 1. The first kappa shape index (κ1) is 14.7. The Kier molecular flexibility index (Phi) is 6.38. The molecule has 0 aliphatic carbocycles. The maximum Gasteiger partial charge on any atom is 0.323 e. The van der Waals surface area contributed by atoms with Gasteiger partial charge in [-0.25, -0.2) is 0 Å². The zero-order valence-corrected chi connectivity index (χ0v) is 10.6. The van der Waals surface area contributed by atoms with Gasteiger partial charge in [0.15, 0.2) is 0 Å². The molecule has 0 saturated carbocycles. The third-order valence-electron chi connectivity index (χ3n) is 2.82. The van der Waals surface area contributed by atoms with Crippen molar-refractivity contribution < 1.29 is 14.7 Å².